The first-order chi connectivity index (χ1) is 7.33. The van der Waals surface area contributed by atoms with Crippen LogP contribution in [0.2, 0.25) is 0 Å². The fourth-order valence-corrected chi connectivity index (χ4v) is 2.46. The third kappa shape index (κ3) is 1.65. The van der Waals surface area contributed by atoms with Crippen LogP contribution in [0, 0.1) is 5.41 Å². The molecule has 2 rings (SSSR count). The van der Waals surface area contributed by atoms with Gasteiger partial charge in [-0.2, -0.15) is 0 Å². The highest BCUT2D eigenvalue weighted by molar-refractivity contribution is 5.24. The molecule has 2 fully saturated rings. The molecule has 0 aromatic carbocycles. The Morgan fingerprint density at radius 1 is 1.13 bits per heavy atom. The van der Waals surface area contributed by atoms with E-state index in [-0.39, 0.29) is 5.41 Å². The maximum atomic E-state index is 5.59. The van der Waals surface area contributed by atoms with E-state index >= 15 is 0 Å². The van der Waals surface area contributed by atoms with Gasteiger partial charge in [0.05, 0.1) is 6.61 Å². The molecular weight excluding hydrogens is 192 g/mol. The van der Waals surface area contributed by atoms with E-state index in [4.69, 9.17) is 14.2 Å². The van der Waals surface area contributed by atoms with Gasteiger partial charge in [0.15, 0.2) is 0 Å². The summed E-state index contributed by atoms with van der Waals surface area (Å²) in [6.45, 7) is 5.84. The van der Waals surface area contributed by atoms with Crippen LogP contribution in [0.15, 0.2) is 23.7 Å². The molecule has 0 unspecified atom stereocenters. The normalized spacial score (nSPS) is 36.7. The van der Waals surface area contributed by atoms with Crippen LogP contribution in [0.5, 0.6) is 0 Å². The van der Waals surface area contributed by atoms with Gasteiger partial charge in [-0.05, 0) is 38.8 Å². The molecule has 84 valence electrons. The Kier molecular flexibility index (Phi) is 3.00. The fourth-order valence-electron chi connectivity index (χ4n) is 2.46. The van der Waals surface area contributed by atoms with Crippen molar-refractivity contribution in [2.75, 3.05) is 20.0 Å². The minimum Gasteiger partial charge on any atom is -0.461 e. The molecule has 0 atom stereocenters. The predicted octanol–water partition coefficient (Wildman–Crippen LogP) is 2.60. The van der Waals surface area contributed by atoms with Gasteiger partial charge in [0, 0.05) is 6.61 Å². The van der Waals surface area contributed by atoms with Gasteiger partial charge in [0.1, 0.15) is 16.9 Å². The molecule has 0 radical (unpaired) electrons. The molecule has 2 aliphatic heterocycles. The van der Waals surface area contributed by atoms with Crippen molar-refractivity contribution in [3.63, 3.8) is 0 Å². The van der Waals surface area contributed by atoms with E-state index in [2.05, 4.69) is 0 Å². The Balaban J connectivity index is 2.34. The van der Waals surface area contributed by atoms with E-state index in [0.29, 0.717) is 13.4 Å². The van der Waals surface area contributed by atoms with Crippen LogP contribution in [0.3, 0.4) is 0 Å². The van der Waals surface area contributed by atoms with Crippen molar-refractivity contribution < 1.29 is 14.2 Å². The SMILES string of the molecule is CC=C1OCOC(=CC)C12CCCOC2. The van der Waals surface area contributed by atoms with Crippen molar-refractivity contribution >= 4 is 0 Å². The third-order valence-electron chi connectivity index (χ3n) is 3.14. The summed E-state index contributed by atoms with van der Waals surface area (Å²) in [6, 6.07) is 0. The molecule has 0 aromatic heterocycles. The standard InChI is InChI=1S/C12H18O3/c1-3-10-12(6-5-7-13-8-12)11(4-2)15-9-14-10/h3-4H,5-9H2,1-2H3. The Morgan fingerprint density at radius 2 is 1.80 bits per heavy atom. The second-order valence-corrected chi connectivity index (χ2v) is 3.95. The zero-order valence-corrected chi connectivity index (χ0v) is 9.41. The van der Waals surface area contributed by atoms with Crippen LogP contribution in [0.25, 0.3) is 0 Å². The molecule has 0 bridgehead atoms. The first-order valence-corrected chi connectivity index (χ1v) is 5.50. The second-order valence-electron chi connectivity index (χ2n) is 3.95. The number of hydrogen-bond donors (Lipinski definition) is 0. The highest BCUT2D eigenvalue weighted by Gasteiger charge is 2.45. The van der Waals surface area contributed by atoms with Gasteiger partial charge < -0.3 is 14.2 Å². The van der Waals surface area contributed by atoms with Gasteiger partial charge in [0.25, 0.3) is 0 Å². The Morgan fingerprint density at radius 3 is 2.27 bits per heavy atom. The lowest BCUT2D eigenvalue weighted by molar-refractivity contribution is -0.115. The monoisotopic (exact) mass is 210 g/mol. The molecule has 1 spiro atoms. The zero-order valence-electron chi connectivity index (χ0n) is 9.41. The lowest BCUT2D eigenvalue weighted by atomic mass is 9.77. The molecule has 0 N–H and O–H groups in total. The average molecular weight is 210 g/mol. The Bertz CT molecular complexity index is 263. The van der Waals surface area contributed by atoms with Crippen molar-refractivity contribution in [3.8, 4) is 0 Å². The third-order valence-corrected chi connectivity index (χ3v) is 3.14. The first kappa shape index (κ1) is 10.6. The summed E-state index contributed by atoms with van der Waals surface area (Å²) >= 11 is 0. The zero-order chi connectivity index (χ0) is 10.7. The molecule has 0 aliphatic carbocycles. The largest absolute Gasteiger partial charge is 0.461 e. The predicted molar refractivity (Wildman–Crippen MR) is 57.0 cm³/mol. The summed E-state index contributed by atoms with van der Waals surface area (Å²) in [5, 5.41) is 0. The molecule has 3 heteroatoms. The maximum absolute atomic E-state index is 5.59. The van der Waals surface area contributed by atoms with E-state index in [0.717, 1.165) is 31.0 Å². The minimum atomic E-state index is -0.153. The summed E-state index contributed by atoms with van der Waals surface area (Å²) in [5.74, 6) is 2.00. The second kappa shape index (κ2) is 4.27. The molecule has 15 heavy (non-hydrogen) atoms. The maximum Gasteiger partial charge on any atom is 0.229 e. The lowest BCUT2D eigenvalue weighted by Gasteiger charge is -2.42. The Hall–Kier alpha value is -0.960. The van der Waals surface area contributed by atoms with Crippen LogP contribution in [0.1, 0.15) is 26.7 Å². The summed E-state index contributed by atoms with van der Waals surface area (Å²) in [7, 11) is 0. The van der Waals surface area contributed by atoms with Gasteiger partial charge in [0.2, 0.25) is 6.79 Å². The van der Waals surface area contributed by atoms with Crippen LogP contribution < -0.4 is 0 Å². The van der Waals surface area contributed by atoms with Crippen LogP contribution in [-0.2, 0) is 14.2 Å². The quantitative estimate of drug-likeness (QED) is 0.615. The molecule has 0 amide bonds. The summed E-state index contributed by atoms with van der Waals surface area (Å²) in [5.41, 5.74) is -0.153. The lowest BCUT2D eigenvalue weighted by Crippen LogP contribution is -2.40. The highest BCUT2D eigenvalue weighted by Crippen LogP contribution is 2.46. The van der Waals surface area contributed by atoms with Crippen LogP contribution in [-0.4, -0.2) is 20.0 Å². The van der Waals surface area contributed by atoms with E-state index < -0.39 is 0 Å². The highest BCUT2D eigenvalue weighted by atomic mass is 16.7. The number of rotatable bonds is 0. The Labute approximate surface area is 90.7 Å². The molecule has 0 aromatic rings. The van der Waals surface area contributed by atoms with E-state index in [1.165, 1.54) is 0 Å². The van der Waals surface area contributed by atoms with Crippen molar-refractivity contribution in [2.45, 2.75) is 26.7 Å². The van der Waals surface area contributed by atoms with Gasteiger partial charge in [-0.25, -0.2) is 0 Å². The van der Waals surface area contributed by atoms with Gasteiger partial charge in [-0.1, -0.05) is 0 Å². The summed E-state index contributed by atoms with van der Waals surface area (Å²) in [4.78, 5) is 0. The minimum absolute atomic E-state index is 0.153. The van der Waals surface area contributed by atoms with Crippen molar-refractivity contribution in [1.29, 1.82) is 0 Å². The number of allylic oxidation sites excluding steroid dienone is 2. The fraction of sp³-hybridized carbons (Fsp3) is 0.667. The van der Waals surface area contributed by atoms with Crippen molar-refractivity contribution in [1.82, 2.24) is 0 Å². The van der Waals surface area contributed by atoms with Crippen LogP contribution in [0.4, 0.5) is 0 Å². The molecule has 2 aliphatic rings. The van der Waals surface area contributed by atoms with E-state index in [1.54, 1.807) is 0 Å². The molecule has 3 nitrogen and oxygen atoms in total. The van der Waals surface area contributed by atoms with Gasteiger partial charge in [-0.3, -0.25) is 0 Å². The first-order valence-electron chi connectivity index (χ1n) is 5.50. The molecule has 2 heterocycles. The molecule has 2 saturated heterocycles. The summed E-state index contributed by atoms with van der Waals surface area (Å²) < 4.78 is 16.7. The average Bonchev–Trinajstić information content (AvgIpc) is 2.30. The summed E-state index contributed by atoms with van der Waals surface area (Å²) in [6.07, 6.45) is 6.16. The number of ether oxygens (including phenoxy) is 3. The topological polar surface area (TPSA) is 27.7 Å². The van der Waals surface area contributed by atoms with Crippen molar-refractivity contribution in [3.05, 3.63) is 23.7 Å². The molecular formula is C12H18O3. The van der Waals surface area contributed by atoms with E-state index in [1.807, 2.05) is 26.0 Å². The van der Waals surface area contributed by atoms with Crippen LogP contribution >= 0.6 is 0 Å². The van der Waals surface area contributed by atoms with Gasteiger partial charge in [-0.15, -0.1) is 0 Å². The van der Waals surface area contributed by atoms with E-state index in [9.17, 15) is 0 Å². The molecule has 0 saturated carbocycles. The number of hydrogen-bond acceptors (Lipinski definition) is 3. The van der Waals surface area contributed by atoms with Crippen molar-refractivity contribution in [2.24, 2.45) is 5.41 Å². The van der Waals surface area contributed by atoms with Gasteiger partial charge >= 0.3 is 0 Å². The smallest absolute Gasteiger partial charge is 0.229 e.